The van der Waals surface area contributed by atoms with Gasteiger partial charge in [-0.1, -0.05) is 0 Å². The van der Waals surface area contributed by atoms with E-state index >= 15 is 0 Å². The van der Waals surface area contributed by atoms with Crippen LogP contribution >= 0.6 is 0 Å². The van der Waals surface area contributed by atoms with Crippen molar-refractivity contribution in [3.8, 4) is 17.2 Å². The molecule has 3 rings (SSSR count). The van der Waals surface area contributed by atoms with Crippen molar-refractivity contribution < 1.29 is 27.4 Å². The van der Waals surface area contributed by atoms with Crippen molar-refractivity contribution >= 4 is 0 Å². The van der Waals surface area contributed by atoms with Gasteiger partial charge in [0.25, 0.3) is 0 Å². The minimum Gasteiger partial charge on any atom is -0.493 e. The highest BCUT2D eigenvalue weighted by atomic mass is 19.4. The van der Waals surface area contributed by atoms with Crippen molar-refractivity contribution in [1.82, 2.24) is 14.7 Å². The van der Waals surface area contributed by atoms with Gasteiger partial charge in [0, 0.05) is 31.9 Å². The summed E-state index contributed by atoms with van der Waals surface area (Å²) in [6.45, 7) is 1.42. The third-order valence-electron chi connectivity index (χ3n) is 3.95. The highest BCUT2D eigenvalue weighted by molar-refractivity contribution is 5.54. The van der Waals surface area contributed by atoms with Gasteiger partial charge in [-0.05, 0) is 24.7 Å². The van der Waals surface area contributed by atoms with Crippen molar-refractivity contribution in [1.29, 1.82) is 0 Å². The summed E-state index contributed by atoms with van der Waals surface area (Å²) in [5.74, 6) is 1.68. The SMILES string of the molecule is COc1cc(CN(C)Cc2cn(C)nc2C(F)(F)F)cc2c1OCCO2. The van der Waals surface area contributed by atoms with Gasteiger partial charge in [-0.2, -0.15) is 18.3 Å². The van der Waals surface area contributed by atoms with Crippen LogP contribution in [0.5, 0.6) is 17.2 Å². The first-order chi connectivity index (χ1) is 12.3. The Morgan fingerprint density at radius 1 is 1.23 bits per heavy atom. The predicted molar refractivity (Wildman–Crippen MR) is 87.4 cm³/mol. The summed E-state index contributed by atoms with van der Waals surface area (Å²) in [6, 6.07) is 3.62. The Morgan fingerprint density at radius 2 is 1.96 bits per heavy atom. The first kappa shape index (κ1) is 18.4. The zero-order chi connectivity index (χ0) is 18.9. The lowest BCUT2D eigenvalue weighted by Crippen LogP contribution is -2.20. The van der Waals surface area contributed by atoms with E-state index in [9.17, 15) is 13.2 Å². The normalized spacial score (nSPS) is 14.0. The first-order valence-corrected chi connectivity index (χ1v) is 8.02. The fourth-order valence-corrected chi connectivity index (χ4v) is 2.97. The van der Waals surface area contributed by atoms with E-state index in [1.807, 2.05) is 6.07 Å². The monoisotopic (exact) mass is 371 g/mol. The van der Waals surface area contributed by atoms with E-state index in [0.717, 1.165) is 5.56 Å². The van der Waals surface area contributed by atoms with Crippen LogP contribution in [0.3, 0.4) is 0 Å². The summed E-state index contributed by atoms with van der Waals surface area (Å²) in [4.78, 5) is 1.77. The first-order valence-electron chi connectivity index (χ1n) is 8.02. The second-order valence-corrected chi connectivity index (χ2v) is 6.17. The van der Waals surface area contributed by atoms with Crippen LogP contribution in [0.4, 0.5) is 13.2 Å². The molecule has 0 aliphatic carbocycles. The van der Waals surface area contributed by atoms with Crippen LogP contribution in [-0.4, -0.2) is 42.1 Å². The molecule has 0 bridgehead atoms. The smallest absolute Gasteiger partial charge is 0.435 e. The van der Waals surface area contributed by atoms with E-state index in [1.54, 1.807) is 18.0 Å². The van der Waals surface area contributed by atoms with Crippen LogP contribution in [-0.2, 0) is 26.3 Å². The van der Waals surface area contributed by atoms with Crippen molar-refractivity contribution in [2.75, 3.05) is 27.4 Å². The number of aryl methyl sites for hydroxylation is 1. The lowest BCUT2D eigenvalue weighted by atomic mass is 10.1. The summed E-state index contributed by atoms with van der Waals surface area (Å²) < 4.78 is 56.9. The molecule has 0 N–H and O–H groups in total. The highest BCUT2D eigenvalue weighted by Gasteiger charge is 2.37. The third kappa shape index (κ3) is 3.87. The number of aromatic nitrogens is 2. The highest BCUT2D eigenvalue weighted by Crippen LogP contribution is 2.40. The van der Waals surface area contributed by atoms with Crippen LogP contribution in [0.15, 0.2) is 18.3 Å². The molecule has 0 radical (unpaired) electrons. The number of methoxy groups -OCH3 is 1. The standard InChI is InChI=1S/C17H20F3N3O3/c1-22(9-12-10-23(2)21-16(12)17(18,19)20)8-11-6-13(24-3)15-14(7-11)25-4-5-26-15/h6-7,10H,4-5,8-9H2,1-3H3. The van der Waals surface area contributed by atoms with E-state index in [4.69, 9.17) is 14.2 Å². The zero-order valence-corrected chi connectivity index (χ0v) is 14.8. The fraction of sp³-hybridized carbons (Fsp3) is 0.471. The van der Waals surface area contributed by atoms with Crippen LogP contribution in [0.25, 0.3) is 0 Å². The molecule has 0 saturated heterocycles. The van der Waals surface area contributed by atoms with E-state index in [2.05, 4.69) is 5.10 Å². The number of alkyl halides is 3. The molecular formula is C17H20F3N3O3. The Kier molecular flexibility index (Phi) is 4.99. The predicted octanol–water partition coefficient (Wildman–Crippen LogP) is 2.85. The molecule has 1 aromatic heterocycles. The van der Waals surface area contributed by atoms with Gasteiger partial charge in [-0.15, -0.1) is 0 Å². The van der Waals surface area contributed by atoms with Crippen molar-refractivity contribution in [2.24, 2.45) is 7.05 Å². The Labute approximate surface area is 149 Å². The van der Waals surface area contributed by atoms with E-state index < -0.39 is 11.9 Å². The topological polar surface area (TPSA) is 48.8 Å². The van der Waals surface area contributed by atoms with Crippen LogP contribution < -0.4 is 14.2 Å². The Hall–Kier alpha value is -2.42. The van der Waals surface area contributed by atoms with E-state index in [0.29, 0.717) is 37.0 Å². The summed E-state index contributed by atoms with van der Waals surface area (Å²) >= 11 is 0. The third-order valence-corrected chi connectivity index (χ3v) is 3.95. The second kappa shape index (κ2) is 7.06. The summed E-state index contributed by atoms with van der Waals surface area (Å²) in [6.07, 6.45) is -3.08. The maximum absolute atomic E-state index is 13.1. The molecule has 0 atom stereocenters. The van der Waals surface area contributed by atoms with Gasteiger partial charge < -0.3 is 14.2 Å². The molecule has 2 aromatic rings. The Morgan fingerprint density at radius 3 is 2.65 bits per heavy atom. The maximum Gasteiger partial charge on any atom is 0.435 e. The minimum atomic E-state index is -4.47. The number of fused-ring (bicyclic) bond motifs is 1. The van der Waals surface area contributed by atoms with Crippen LogP contribution in [0.1, 0.15) is 16.8 Å². The number of halogens is 3. The number of ether oxygens (including phenoxy) is 3. The number of rotatable bonds is 5. The molecule has 142 valence electrons. The molecular weight excluding hydrogens is 351 g/mol. The van der Waals surface area contributed by atoms with Gasteiger partial charge in [0.2, 0.25) is 5.75 Å². The molecule has 2 heterocycles. The largest absolute Gasteiger partial charge is 0.493 e. The minimum absolute atomic E-state index is 0.111. The Bertz CT molecular complexity index is 772. The average molecular weight is 371 g/mol. The molecule has 1 aliphatic heterocycles. The van der Waals surface area contributed by atoms with Crippen LogP contribution in [0, 0.1) is 0 Å². The van der Waals surface area contributed by atoms with Crippen molar-refractivity contribution in [2.45, 2.75) is 19.3 Å². The molecule has 6 nitrogen and oxygen atoms in total. The van der Waals surface area contributed by atoms with E-state index in [1.165, 1.54) is 25.0 Å². The summed E-state index contributed by atoms with van der Waals surface area (Å²) in [5.41, 5.74) is 0.129. The second-order valence-electron chi connectivity index (χ2n) is 6.17. The molecule has 0 saturated carbocycles. The maximum atomic E-state index is 13.1. The number of nitrogens with zero attached hydrogens (tertiary/aromatic N) is 3. The van der Waals surface area contributed by atoms with Gasteiger partial charge in [0.1, 0.15) is 13.2 Å². The van der Waals surface area contributed by atoms with Gasteiger partial charge >= 0.3 is 6.18 Å². The number of benzene rings is 1. The molecule has 0 spiro atoms. The van der Waals surface area contributed by atoms with Crippen molar-refractivity contribution in [3.05, 3.63) is 35.2 Å². The Balaban J connectivity index is 1.78. The molecule has 0 fully saturated rings. The molecule has 26 heavy (non-hydrogen) atoms. The van der Waals surface area contributed by atoms with Crippen molar-refractivity contribution in [3.63, 3.8) is 0 Å². The molecule has 1 aliphatic rings. The van der Waals surface area contributed by atoms with Gasteiger partial charge in [0.05, 0.1) is 7.11 Å². The fourth-order valence-electron chi connectivity index (χ4n) is 2.97. The van der Waals surface area contributed by atoms with Gasteiger partial charge in [-0.25, -0.2) is 0 Å². The molecule has 1 aromatic carbocycles. The molecule has 0 amide bonds. The summed E-state index contributed by atoms with van der Waals surface area (Å²) in [7, 11) is 4.76. The zero-order valence-electron chi connectivity index (χ0n) is 14.8. The number of hydrogen-bond donors (Lipinski definition) is 0. The molecule has 0 unspecified atom stereocenters. The summed E-state index contributed by atoms with van der Waals surface area (Å²) in [5, 5.41) is 3.54. The number of hydrogen-bond acceptors (Lipinski definition) is 5. The van der Waals surface area contributed by atoms with Crippen LogP contribution in [0.2, 0.25) is 0 Å². The molecule has 9 heteroatoms. The lowest BCUT2D eigenvalue weighted by Gasteiger charge is -2.23. The van der Waals surface area contributed by atoms with Gasteiger partial charge in [-0.3, -0.25) is 9.58 Å². The van der Waals surface area contributed by atoms with Gasteiger partial charge in [0.15, 0.2) is 17.2 Å². The van der Waals surface area contributed by atoms with E-state index in [-0.39, 0.29) is 12.1 Å². The quantitative estimate of drug-likeness (QED) is 0.809. The lowest BCUT2D eigenvalue weighted by molar-refractivity contribution is -0.142. The average Bonchev–Trinajstić information content (AvgIpc) is 2.94.